The predicted octanol–water partition coefficient (Wildman–Crippen LogP) is 1.45. The summed E-state index contributed by atoms with van der Waals surface area (Å²) in [5.74, 6) is 2.46. The van der Waals surface area contributed by atoms with Crippen molar-refractivity contribution >= 4 is 11.8 Å². The van der Waals surface area contributed by atoms with Crippen molar-refractivity contribution < 1.29 is 5.11 Å². The van der Waals surface area contributed by atoms with Crippen molar-refractivity contribution in [1.82, 2.24) is 5.32 Å². The second kappa shape index (κ2) is 8.37. The standard InChI is InChI=1S/C8H19NOS/c1-3-6-11-7-4-5-9-8(2)10/h8-10H,3-7H2,1-2H3. The predicted molar refractivity (Wildman–Crippen MR) is 51.9 cm³/mol. The van der Waals surface area contributed by atoms with E-state index in [1.807, 2.05) is 11.8 Å². The molecule has 2 N–H and O–H groups in total. The molecule has 0 spiro atoms. The molecule has 0 heterocycles. The third-order valence-corrected chi connectivity index (χ3v) is 2.53. The van der Waals surface area contributed by atoms with Crippen LogP contribution in [0.15, 0.2) is 0 Å². The Bertz CT molecular complexity index is 78.5. The second-order valence-electron chi connectivity index (χ2n) is 2.60. The highest BCUT2D eigenvalue weighted by molar-refractivity contribution is 7.99. The smallest absolute Gasteiger partial charge is 0.102 e. The molecule has 2 nitrogen and oxygen atoms in total. The zero-order chi connectivity index (χ0) is 8.53. The molecule has 68 valence electrons. The lowest BCUT2D eigenvalue weighted by atomic mass is 10.4. The fourth-order valence-electron chi connectivity index (χ4n) is 0.732. The summed E-state index contributed by atoms with van der Waals surface area (Å²) in [5, 5.41) is 11.8. The van der Waals surface area contributed by atoms with Crippen molar-refractivity contribution in [2.45, 2.75) is 32.9 Å². The second-order valence-corrected chi connectivity index (χ2v) is 3.82. The number of nitrogens with one attached hydrogen (secondary N) is 1. The summed E-state index contributed by atoms with van der Waals surface area (Å²) >= 11 is 1.98. The number of aliphatic hydroxyl groups excluding tert-OH is 1. The molecule has 3 heteroatoms. The van der Waals surface area contributed by atoms with Gasteiger partial charge in [0.2, 0.25) is 0 Å². The molecule has 1 unspecified atom stereocenters. The maximum absolute atomic E-state index is 8.84. The Hall–Kier alpha value is 0.270. The summed E-state index contributed by atoms with van der Waals surface area (Å²) in [7, 11) is 0. The molecule has 0 radical (unpaired) electrons. The molecule has 11 heavy (non-hydrogen) atoms. The van der Waals surface area contributed by atoms with Crippen LogP contribution in [-0.4, -0.2) is 29.4 Å². The molecule has 0 aromatic carbocycles. The minimum atomic E-state index is -0.355. The van der Waals surface area contributed by atoms with Gasteiger partial charge in [-0.25, -0.2) is 0 Å². The lowest BCUT2D eigenvalue weighted by molar-refractivity contribution is 0.157. The van der Waals surface area contributed by atoms with Gasteiger partial charge >= 0.3 is 0 Å². The van der Waals surface area contributed by atoms with Gasteiger partial charge in [-0.15, -0.1) is 0 Å². The van der Waals surface area contributed by atoms with Crippen molar-refractivity contribution in [2.75, 3.05) is 18.1 Å². The van der Waals surface area contributed by atoms with E-state index >= 15 is 0 Å². The molecule has 0 saturated heterocycles. The van der Waals surface area contributed by atoms with Gasteiger partial charge in [-0.2, -0.15) is 11.8 Å². The fraction of sp³-hybridized carbons (Fsp3) is 1.00. The monoisotopic (exact) mass is 177 g/mol. The first-order valence-electron chi connectivity index (χ1n) is 4.26. The van der Waals surface area contributed by atoms with Crippen LogP contribution in [0.5, 0.6) is 0 Å². The van der Waals surface area contributed by atoms with Gasteiger partial charge in [-0.05, 0) is 37.8 Å². The molecule has 0 aromatic heterocycles. The van der Waals surface area contributed by atoms with Crippen LogP contribution in [0, 0.1) is 0 Å². The molecule has 0 aliphatic carbocycles. The molecule has 0 aliphatic rings. The SMILES string of the molecule is CCCSCCCNC(C)O. The van der Waals surface area contributed by atoms with Crippen molar-refractivity contribution in [2.24, 2.45) is 0 Å². The molecule has 0 fully saturated rings. The minimum absolute atomic E-state index is 0.355. The quantitative estimate of drug-likeness (QED) is 0.456. The number of hydrogen-bond donors (Lipinski definition) is 2. The summed E-state index contributed by atoms with van der Waals surface area (Å²) in [6, 6.07) is 0. The Morgan fingerprint density at radius 3 is 2.73 bits per heavy atom. The summed E-state index contributed by atoms with van der Waals surface area (Å²) in [6.45, 7) is 4.87. The summed E-state index contributed by atoms with van der Waals surface area (Å²) < 4.78 is 0. The van der Waals surface area contributed by atoms with E-state index in [1.165, 1.54) is 17.9 Å². The highest BCUT2D eigenvalue weighted by Gasteiger charge is 1.92. The van der Waals surface area contributed by atoms with Gasteiger partial charge in [0.25, 0.3) is 0 Å². The van der Waals surface area contributed by atoms with Crippen LogP contribution in [0.3, 0.4) is 0 Å². The summed E-state index contributed by atoms with van der Waals surface area (Å²) in [6.07, 6.45) is 2.05. The molecule has 0 aliphatic heterocycles. The molecule has 0 saturated carbocycles. The highest BCUT2D eigenvalue weighted by atomic mass is 32.2. The van der Waals surface area contributed by atoms with Crippen LogP contribution in [0.4, 0.5) is 0 Å². The van der Waals surface area contributed by atoms with Gasteiger partial charge in [-0.1, -0.05) is 6.92 Å². The first kappa shape index (κ1) is 11.3. The number of rotatable bonds is 7. The van der Waals surface area contributed by atoms with Crippen LogP contribution in [-0.2, 0) is 0 Å². The Kier molecular flexibility index (Phi) is 8.57. The average Bonchev–Trinajstić information content (AvgIpc) is 1.96. The van der Waals surface area contributed by atoms with Crippen molar-refractivity contribution in [1.29, 1.82) is 0 Å². The topological polar surface area (TPSA) is 32.3 Å². The third-order valence-electron chi connectivity index (χ3n) is 1.25. The van der Waals surface area contributed by atoms with Crippen molar-refractivity contribution in [3.63, 3.8) is 0 Å². The van der Waals surface area contributed by atoms with Crippen LogP contribution in [0.2, 0.25) is 0 Å². The fourth-order valence-corrected chi connectivity index (χ4v) is 1.57. The Balaban J connectivity index is 2.80. The zero-order valence-electron chi connectivity index (χ0n) is 7.47. The first-order valence-corrected chi connectivity index (χ1v) is 5.42. The zero-order valence-corrected chi connectivity index (χ0v) is 8.28. The molecule has 0 aromatic rings. The lowest BCUT2D eigenvalue weighted by Gasteiger charge is -2.05. The van der Waals surface area contributed by atoms with E-state index in [-0.39, 0.29) is 6.23 Å². The van der Waals surface area contributed by atoms with Crippen LogP contribution in [0.1, 0.15) is 26.7 Å². The van der Waals surface area contributed by atoms with Gasteiger partial charge in [0.15, 0.2) is 0 Å². The van der Waals surface area contributed by atoms with Crippen LogP contribution in [0.25, 0.3) is 0 Å². The number of aliphatic hydroxyl groups is 1. The van der Waals surface area contributed by atoms with Gasteiger partial charge in [0.1, 0.15) is 6.23 Å². The van der Waals surface area contributed by atoms with E-state index in [4.69, 9.17) is 5.11 Å². The van der Waals surface area contributed by atoms with Gasteiger partial charge in [0.05, 0.1) is 0 Å². The maximum atomic E-state index is 8.84. The summed E-state index contributed by atoms with van der Waals surface area (Å²) in [4.78, 5) is 0. The maximum Gasteiger partial charge on any atom is 0.102 e. The van der Waals surface area contributed by atoms with E-state index in [0.717, 1.165) is 13.0 Å². The van der Waals surface area contributed by atoms with E-state index in [0.29, 0.717) is 0 Å². The largest absolute Gasteiger partial charge is 0.379 e. The molecule has 1 atom stereocenters. The van der Waals surface area contributed by atoms with Gasteiger partial charge in [-0.3, -0.25) is 5.32 Å². The lowest BCUT2D eigenvalue weighted by Crippen LogP contribution is -2.26. The Labute approximate surface area is 73.8 Å². The van der Waals surface area contributed by atoms with E-state index in [2.05, 4.69) is 12.2 Å². The normalized spacial score (nSPS) is 13.4. The molecule has 0 rings (SSSR count). The van der Waals surface area contributed by atoms with E-state index in [9.17, 15) is 0 Å². The minimum Gasteiger partial charge on any atom is -0.379 e. The van der Waals surface area contributed by atoms with Crippen molar-refractivity contribution in [3.8, 4) is 0 Å². The number of thioether (sulfide) groups is 1. The van der Waals surface area contributed by atoms with E-state index in [1.54, 1.807) is 6.92 Å². The molecular weight excluding hydrogens is 158 g/mol. The Morgan fingerprint density at radius 1 is 1.45 bits per heavy atom. The summed E-state index contributed by atoms with van der Waals surface area (Å²) in [5.41, 5.74) is 0. The number of hydrogen-bond acceptors (Lipinski definition) is 3. The molecule has 0 amide bonds. The van der Waals surface area contributed by atoms with Gasteiger partial charge in [0, 0.05) is 0 Å². The Morgan fingerprint density at radius 2 is 2.18 bits per heavy atom. The van der Waals surface area contributed by atoms with Gasteiger partial charge < -0.3 is 5.11 Å². The average molecular weight is 177 g/mol. The molecule has 0 bridgehead atoms. The van der Waals surface area contributed by atoms with Crippen LogP contribution < -0.4 is 5.32 Å². The third kappa shape index (κ3) is 10.3. The highest BCUT2D eigenvalue weighted by Crippen LogP contribution is 2.02. The molecular formula is C8H19NOS. The first-order chi connectivity index (χ1) is 5.27. The van der Waals surface area contributed by atoms with E-state index < -0.39 is 0 Å². The van der Waals surface area contributed by atoms with Crippen LogP contribution >= 0.6 is 11.8 Å². The van der Waals surface area contributed by atoms with Crippen molar-refractivity contribution in [3.05, 3.63) is 0 Å².